The van der Waals surface area contributed by atoms with Crippen molar-refractivity contribution in [3.63, 3.8) is 0 Å². The molecule has 22 heavy (non-hydrogen) atoms. The van der Waals surface area contributed by atoms with Crippen LogP contribution in [0.25, 0.3) is 10.9 Å². The van der Waals surface area contributed by atoms with Gasteiger partial charge in [-0.1, -0.05) is 12.1 Å². The van der Waals surface area contributed by atoms with Gasteiger partial charge in [-0.25, -0.2) is 4.39 Å². The summed E-state index contributed by atoms with van der Waals surface area (Å²) in [6.45, 7) is 3.89. The molecule has 0 aliphatic heterocycles. The van der Waals surface area contributed by atoms with Crippen LogP contribution in [0.1, 0.15) is 18.2 Å². The van der Waals surface area contributed by atoms with E-state index >= 15 is 0 Å². The highest BCUT2D eigenvalue weighted by Gasteiger charge is 2.09. The fourth-order valence-electron chi connectivity index (χ4n) is 2.71. The number of nitrogens with two attached hydrogens (primary N) is 1. The molecular weight excluding hydrogens is 279 g/mol. The van der Waals surface area contributed by atoms with Crippen molar-refractivity contribution in [2.75, 3.05) is 0 Å². The van der Waals surface area contributed by atoms with Crippen molar-refractivity contribution in [3.05, 3.63) is 65.6 Å². The summed E-state index contributed by atoms with van der Waals surface area (Å²) in [7, 11) is 0. The summed E-state index contributed by atoms with van der Waals surface area (Å²) in [5, 5.41) is 1.16. The molecule has 0 amide bonds. The van der Waals surface area contributed by atoms with Gasteiger partial charge in [0.1, 0.15) is 18.2 Å². The standard InChI is InChI=1S/C18H19FN2O/c1-2-21-16(12-22-17-5-3-4-15(19)10-17)9-14-8-13(11-20)6-7-18(14)21/h3-10H,2,11-12,20H2,1H3. The van der Waals surface area contributed by atoms with Crippen LogP contribution in [0.4, 0.5) is 4.39 Å². The van der Waals surface area contributed by atoms with Gasteiger partial charge in [-0.05, 0) is 42.8 Å². The topological polar surface area (TPSA) is 40.2 Å². The molecule has 1 aromatic heterocycles. The molecule has 0 saturated heterocycles. The Hall–Kier alpha value is -2.33. The summed E-state index contributed by atoms with van der Waals surface area (Å²) in [6.07, 6.45) is 0. The number of fused-ring (bicyclic) bond motifs is 1. The quantitative estimate of drug-likeness (QED) is 0.777. The number of aryl methyl sites for hydroxylation is 1. The van der Waals surface area contributed by atoms with E-state index in [0.29, 0.717) is 18.9 Å². The van der Waals surface area contributed by atoms with Crippen LogP contribution < -0.4 is 10.5 Å². The van der Waals surface area contributed by atoms with E-state index in [1.807, 2.05) is 6.07 Å². The maximum atomic E-state index is 13.2. The largest absolute Gasteiger partial charge is 0.487 e. The second-order valence-corrected chi connectivity index (χ2v) is 5.22. The van der Waals surface area contributed by atoms with E-state index in [0.717, 1.165) is 28.7 Å². The van der Waals surface area contributed by atoms with Gasteiger partial charge in [-0.2, -0.15) is 0 Å². The fourth-order valence-corrected chi connectivity index (χ4v) is 2.71. The highest BCUT2D eigenvalue weighted by atomic mass is 19.1. The maximum Gasteiger partial charge on any atom is 0.128 e. The number of hydrogen-bond donors (Lipinski definition) is 1. The Bertz CT molecular complexity index is 795. The Labute approximate surface area is 129 Å². The lowest BCUT2D eigenvalue weighted by molar-refractivity contribution is 0.294. The average Bonchev–Trinajstić information content (AvgIpc) is 2.89. The summed E-state index contributed by atoms with van der Waals surface area (Å²) in [4.78, 5) is 0. The highest BCUT2D eigenvalue weighted by molar-refractivity contribution is 5.82. The minimum Gasteiger partial charge on any atom is -0.487 e. The number of nitrogens with zero attached hydrogens (tertiary/aromatic N) is 1. The second-order valence-electron chi connectivity index (χ2n) is 5.22. The van der Waals surface area contributed by atoms with Gasteiger partial charge in [0, 0.05) is 30.1 Å². The van der Waals surface area contributed by atoms with Crippen molar-refractivity contribution in [1.82, 2.24) is 4.57 Å². The molecule has 0 saturated carbocycles. The first-order chi connectivity index (χ1) is 10.7. The summed E-state index contributed by atoms with van der Waals surface area (Å²) < 4.78 is 21.1. The fraction of sp³-hybridized carbons (Fsp3) is 0.222. The van der Waals surface area contributed by atoms with Crippen LogP contribution in [0.3, 0.4) is 0 Å². The van der Waals surface area contributed by atoms with E-state index in [-0.39, 0.29) is 5.82 Å². The first kappa shape index (κ1) is 14.6. The van der Waals surface area contributed by atoms with Crippen molar-refractivity contribution < 1.29 is 9.13 Å². The molecule has 1 heterocycles. The van der Waals surface area contributed by atoms with Crippen LogP contribution >= 0.6 is 0 Å². The van der Waals surface area contributed by atoms with Gasteiger partial charge in [-0.15, -0.1) is 0 Å². The molecule has 3 rings (SSSR count). The molecule has 2 aromatic carbocycles. The third-order valence-electron chi connectivity index (χ3n) is 3.79. The number of benzene rings is 2. The van der Waals surface area contributed by atoms with E-state index in [2.05, 4.69) is 29.7 Å². The first-order valence-electron chi connectivity index (χ1n) is 7.40. The van der Waals surface area contributed by atoms with Gasteiger partial charge >= 0.3 is 0 Å². The van der Waals surface area contributed by atoms with Crippen molar-refractivity contribution in [3.8, 4) is 5.75 Å². The Morgan fingerprint density at radius 1 is 1.14 bits per heavy atom. The summed E-state index contributed by atoms with van der Waals surface area (Å²) >= 11 is 0. The molecular formula is C18H19FN2O. The number of rotatable bonds is 5. The van der Waals surface area contributed by atoms with Crippen molar-refractivity contribution >= 4 is 10.9 Å². The van der Waals surface area contributed by atoms with Crippen LogP contribution in [-0.4, -0.2) is 4.57 Å². The molecule has 0 aliphatic rings. The molecule has 4 heteroatoms. The molecule has 3 aromatic rings. The SMILES string of the molecule is CCn1c(COc2cccc(F)c2)cc2cc(CN)ccc21. The predicted octanol–water partition coefficient (Wildman–Crippen LogP) is 3.84. The Kier molecular flexibility index (Phi) is 4.11. The van der Waals surface area contributed by atoms with E-state index in [1.165, 1.54) is 12.1 Å². The van der Waals surface area contributed by atoms with Gasteiger partial charge in [0.2, 0.25) is 0 Å². The second kappa shape index (κ2) is 6.20. The lowest BCUT2D eigenvalue weighted by atomic mass is 10.1. The molecule has 3 nitrogen and oxygen atoms in total. The molecule has 0 bridgehead atoms. The third kappa shape index (κ3) is 2.83. The van der Waals surface area contributed by atoms with E-state index in [1.54, 1.807) is 12.1 Å². The molecule has 0 radical (unpaired) electrons. The molecule has 2 N–H and O–H groups in total. The lowest BCUT2D eigenvalue weighted by Gasteiger charge is -2.10. The summed E-state index contributed by atoms with van der Waals surface area (Å²) in [5.41, 5.74) is 9.04. The molecule has 0 spiro atoms. The van der Waals surface area contributed by atoms with E-state index < -0.39 is 0 Å². The number of aromatic nitrogens is 1. The van der Waals surface area contributed by atoms with Gasteiger partial charge in [0.25, 0.3) is 0 Å². The zero-order valence-corrected chi connectivity index (χ0v) is 12.6. The van der Waals surface area contributed by atoms with Crippen molar-refractivity contribution in [2.45, 2.75) is 26.6 Å². The molecule has 0 unspecified atom stereocenters. The van der Waals surface area contributed by atoms with Crippen LogP contribution in [0.5, 0.6) is 5.75 Å². The number of hydrogen-bond acceptors (Lipinski definition) is 2. The smallest absolute Gasteiger partial charge is 0.128 e. The maximum absolute atomic E-state index is 13.2. The third-order valence-corrected chi connectivity index (χ3v) is 3.79. The first-order valence-corrected chi connectivity index (χ1v) is 7.40. The Morgan fingerprint density at radius 2 is 2.00 bits per heavy atom. The van der Waals surface area contributed by atoms with E-state index in [4.69, 9.17) is 10.5 Å². The van der Waals surface area contributed by atoms with Crippen LogP contribution in [0, 0.1) is 5.82 Å². The monoisotopic (exact) mass is 298 g/mol. The lowest BCUT2D eigenvalue weighted by Crippen LogP contribution is -2.04. The highest BCUT2D eigenvalue weighted by Crippen LogP contribution is 2.23. The Morgan fingerprint density at radius 3 is 2.73 bits per heavy atom. The van der Waals surface area contributed by atoms with Crippen molar-refractivity contribution in [1.29, 1.82) is 0 Å². The van der Waals surface area contributed by atoms with Crippen LogP contribution in [0.2, 0.25) is 0 Å². The van der Waals surface area contributed by atoms with Gasteiger partial charge in [0.05, 0.1) is 5.69 Å². The minimum absolute atomic E-state index is 0.291. The van der Waals surface area contributed by atoms with Crippen LogP contribution in [-0.2, 0) is 19.7 Å². The molecule has 114 valence electrons. The normalized spacial score (nSPS) is 11.0. The van der Waals surface area contributed by atoms with Gasteiger partial charge < -0.3 is 15.0 Å². The zero-order valence-electron chi connectivity index (χ0n) is 12.6. The average molecular weight is 298 g/mol. The molecule has 0 aliphatic carbocycles. The zero-order chi connectivity index (χ0) is 15.5. The summed E-state index contributed by atoms with van der Waals surface area (Å²) in [5.74, 6) is 0.247. The minimum atomic E-state index is -0.291. The molecule has 0 fully saturated rings. The summed E-state index contributed by atoms with van der Waals surface area (Å²) in [6, 6.07) is 14.6. The van der Waals surface area contributed by atoms with Gasteiger partial charge in [-0.3, -0.25) is 0 Å². The predicted molar refractivity (Wildman–Crippen MR) is 86.2 cm³/mol. The number of ether oxygens (including phenoxy) is 1. The van der Waals surface area contributed by atoms with Crippen LogP contribution in [0.15, 0.2) is 48.5 Å². The van der Waals surface area contributed by atoms with E-state index in [9.17, 15) is 4.39 Å². The van der Waals surface area contributed by atoms with Crippen molar-refractivity contribution in [2.24, 2.45) is 5.73 Å². The van der Waals surface area contributed by atoms with Gasteiger partial charge in [0.15, 0.2) is 0 Å². The number of halogens is 1. The Balaban J connectivity index is 1.89. The molecule has 0 atom stereocenters.